The van der Waals surface area contributed by atoms with Crippen molar-refractivity contribution in [2.45, 2.75) is 19.3 Å². The number of aromatic nitrogens is 1. The Bertz CT molecular complexity index is 645. The van der Waals surface area contributed by atoms with Gasteiger partial charge in [-0.25, -0.2) is 4.98 Å². The third-order valence-electron chi connectivity index (χ3n) is 2.97. The lowest BCUT2D eigenvalue weighted by Crippen LogP contribution is -2.14. The molecule has 0 unspecified atom stereocenters. The lowest BCUT2D eigenvalue weighted by atomic mass is 10.2. The number of thiazole rings is 1. The summed E-state index contributed by atoms with van der Waals surface area (Å²) in [6.07, 6.45) is 2.00. The molecule has 0 saturated heterocycles. The molecule has 1 heterocycles. The number of rotatable bonds is 7. The largest absolute Gasteiger partial charge is 0.495 e. The maximum absolute atomic E-state index is 12.0. The first kappa shape index (κ1) is 16.7. The van der Waals surface area contributed by atoms with Crippen molar-refractivity contribution in [1.82, 2.24) is 4.98 Å². The lowest BCUT2D eigenvalue weighted by molar-refractivity contribution is -0.115. The Balaban J connectivity index is 1.92. The number of hydrogen-bond acceptors (Lipinski definition) is 5. The van der Waals surface area contributed by atoms with Crippen LogP contribution in [-0.2, 0) is 17.6 Å². The van der Waals surface area contributed by atoms with Crippen LogP contribution < -0.4 is 15.8 Å². The minimum absolute atomic E-state index is 0.128. The van der Waals surface area contributed by atoms with Crippen LogP contribution in [0.2, 0.25) is 5.02 Å². The maximum Gasteiger partial charge on any atom is 0.230 e. The number of ether oxygens (including phenoxy) is 1. The molecule has 5 nitrogen and oxygen atoms in total. The summed E-state index contributed by atoms with van der Waals surface area (Å²) in [7, 11) is 1.55. The second kappa shape index (κ2) is 8.12. The number of halogens is 1. The van der Waals surface area contributed by atoms with Gasteiger partial charge < -0.3 is 15.8 Å². The van der Waals surface area contributed by atoms with Gasteiger partial charge >= 0.3 is 0 Å². The van der Waals surface area contributed by atoms with E-state index in [0.717, 1.165) is 23.5 Å². The van der Waals surface area contributed by atoms with E-state index in [9.17, 15) is 4.79 Å². The highest BCUT2D eigenvalue weighted by molar-refractivity contribution is 7.09. The maximum atomic E-state index is 12.0. The molecular formula is C15H18ClN3O2S. The van der Waals surface area contributed by atoms with Gasteiger partial charge in [-0.1, -0.05) is 11.6 Å². The van der Waals surface area contributed by atoms with Gasteiger partial charge in [-0.05, 0) is 31.2 Å². The van der Waals surface area contributed by atoms with E-state index in [4.69, 9.17) is 22.1 Å². The molecule has 0 radical (unpaired) electrons. The molecule has 3 N–H and O–H groups in total. The molecule has 0 bridgehead atoms. The van der Waals surface area contributed by atoms with Crippen LogP contribution in [0.5, 0.6) is 5.75 Å². The number of nitrogens with two attached hydrogens (primary N) is 1. The van der Waals surface area contributed by atoms with Gasteiger partial charge in [0.05, 0.1) is 29.3 Å². The molecule has 0 aliphatic heterocycles. The van der Waals surface area contributed by atoms with Crippen LogP contribution >= 0.6 is 22.9 Å². The Labute approximate surface area is 138 Å². The Morgan fingerprint density at radius 2 is 2.32 bits per heavy atom. The van der Waals surface area contributed by atoms with Gasteiger partial charge in [0, 0.05) is 17.5 Å². The lowest BCUT2D eigenvalue weighted by Gasteiger charge is -2.07. The van der Waals surface area contributed by atoms with Crippen molar-refractivity contribution in [2.24, 2.45) is 5.73 Å². The fraction of sp³-hybridized carbons (Fsp3) is 0.333. The number of hydrogen-bond donors (Lipinski definition) is 2. The molecule has 1 aromatic heterocycles. The van der Waals surface area contributed by atoms with Gasteiger partial charge in [-0.2, -0.15) is 0 Å². The number of aryl methyl sites for hydroxylation is 1. The molecule has 2 rings (SSSR count). The summed E-state index contributed by atoms with van der Waals surface area (Å²) in [5, 5.41) is 6.18. The van der Waals surface area contributed by atoms with Crippen molar-refractivity contribution in [2.75, 3.05) is 19.0 Å². The summed E-state index contributed by atoms with van der Waals surface area (Å²) < 4.78 is 5.07. The summed E-state index contributed by atoms with van der Waals surface area (Å²) in [4.78, 5) is 16.5. The molecule has 0 spiro atoms. The molecule has 118 valence electrons. The first-order chi connectivity index (χ1) is 10.6. The van der Waals surface area contributed by atoms with Crippen molar-refractivity contribution in [3.63, 3.8) is 0 Å². The minimum atomic E-state index is -0.128. The summed E-state index contributed by atoms with van der Waals surface area (Å²) in [5.41, 5.74) is 6.88. The highest BCUT2D eigenvalue weighted by Crippen LogP contribution is 2.27. The third kappa shape index (κ3) is 4.69. The van der Waals surface area contributed by atoms with Crippen LogP contribution in [0.15, 0.2) is 23.6 Å². The minimum Gasteiger partial charge on any atom is -0.495 e. The molecule has 0 saturated carbocycles. The standard InChI is InChI=1S/C15H18ClN3O2S/c1-21-13-5-4-10(7-12(13)16)18-14(20)8-11-9-22-15(19-11)3-2-6-17/h4-5,7,9H,2-3,6,8,17H2,1H3,(H,18,20). The van der Waals surface area contributed by atoms with Gasteiger partial charge in [0.2, 0.25) is 5.91 Å². The highest BCUT2D eigenvalue weighted by atomic mass is 35.5. The molecule has 22 heavy (non-hydrogen) atoms. The predicted molar refractivity (Wildman–Crippen MR) is 89.8 cm³/mol. The normalized spacial score (nSPS) is 10.5. The zero-order chi connectivity index (χ0) is 15.9. The zero-order valence-electron chi connectivity index (χ0n) is 12.3. The molecule has 1 amide bonds. The average Bonchev–Trinajstić information content (AvgIpc) is 2.92. The summed E-state index contributed by atoms with van der Waals surface area (Å²) in [6.45, 7) is 0.646. The number of nitrogens with one attached hydrogen (secondary N) is 1. The molecular weight excluding hydrogens is 322 g/mol. The molecule has 0 fully saturated rings. The first-order valence-electron chi connectivity index (χ1n) is 6.89. The Kier molecular flexibility index (Phi) is 6.18. The van der Waals surface area contributed by atoms with Gasteiger partial charge in [0.1, 0.15) is 5.75 Å². The summed E-state index contributed by atoms with van der Waals surface area (Å²) in [5.74, 6) is 0.445. The Morgan fingerprint density at radius 1 is 1.50 bits per heavy atom. The molecule has 2 aromatic rings. The first-order valence-corrected chi connectivity index (χ1v) is 8.15. The number of anilines is 1. The molecule has 1 aromatic carbocycles. The van der Waals surface area contributed by atoms with E-state index in [1.54, 1.807) is 36.6 Å². The van der Waals surface area contributed by atoms with Crippen molar-refractivity contribution >= 4 is 34.5 Å². The van der Waals surface area contributed by atoms with Gasteiger partial charge in [0.25, 0.3) is 0 Å². The zero-order valence-corrected chi connectivity index (χ0v) is 13.8. The molecule has 0 aliphatic rings. The SMILES string of the molecule is COc1ccc(NC(=O)Cc2csc(CCCN)n2)cc1Cl. The number of carbonyl (C=O) groups excluding carboxylic acids is 1. The Hall–Kier alpha value is -1.63. The van der Waals surface area contributed by atoms with Crippen LogP contribution in [0.4, 0.5) is 5.69 Å². The second-order valence-electron chi connectivity index (χ2n) is 4.70. The highest BCUT2D eigenvalue weighted by Gasteiger charge is 2.09. The van der Waals surface area contributed by atoms with Crippen molar-refractivity contribution in [1.29, 1.82) is 0 Å². The van der Waals surface area contributed by atoms with Crippen LogP contribution in [-0.4, -0.2) is 24.5 Å². The van der Waals surface area contributed by atoms with Gasteiger partial charge in [-0.3, -0.25) is 4.79 Å². The number of benzene rings is 1. The van der Waals surface area contributed by atoms with Crippen LogP contribution in [0.3, 0.4) is 0 Å². The monoisotopic (exact) mass is 339 g/mol. The summed E-state index contributed by atoms with van der Waals surface area (Å²) in [6, 6.07) is 5.12. The fourth-order valence-electron chi connectivity index (χ4n) is 1.91. The molecule has 0 aliphatic carbocycles. The van der Waals surface area contributed by atoms with E-state index < -0.39 is 0 Å². The third-order valence-corrected chi connectivity index (χ3v) is 4.22. The van der Waals surface area contributed by atoms with E-state index in [0.29, 0.717) is 23.0 Å². The van der Waals surface area contributed by atoms with Crippen molar-refractivity contribution in [3.8, 4) is 5.75 Å². The van der Waals surface area contributed by atoms with Gasteiger partial charge in [0.15, 0.2) is 0 Å². The Morgan fingerprint density at radius 3 is 3.00 bits per heavy atom. The molecule has 7 heteroatoms. The number of carbonyl (C=O) groups is 1. The number of nitrogens with zero attached hydrogens (tertiary/aromatic N) is 1. The topological polar surface area (TPSA) is 77.2 Å². The van der Waals surface area contributed by atoms with Gasteiger partial charge in [-0.15, -0.1) is 11.3 Å². The quantitative estimate of drug-likeness (QED) is 0.813. The van der Waals surface area contributed by atoms with E-state index in [1.165, 1.54) is 0 Å². The van der Waals surface area contributed by atoms with Crippen molar-refractivity contribution in [3.05, 3.63) is 39.3 Å². The number of methoxy groups -OCH3 is 1. The van der Waals surface area contributed by atoms with Crippen molar-refractivity contribution < 1.29 is 9.53 Å². The van der Waals surface area contributed by atoms with E-state index in [2.05, 4.69) is 10.3 Å². The van der Waals surface area contributed by atoms with E-state index in [1.807, 2.05) is 5.38 Å². The van der Waals surface area contributed by atoms with Crippen LogP contribution in [0.1, 0.15) is 17.1 Å². The van der Waals surface area contributed by atoms with E-state index in [-0.39, 0.29) is 12.3 Å². The average molecular weight is 340 g/mol. The molecule has 0 atom stereocenters. The second-order valence-corrected chi connectivity index (χ2v) is 6.05. The van der Waals surface area contributed by atoms with Crippen LogP contribution in [0, 0.1) is 0 Å². The number of amides is 1. The summed E-state index contributed by atoms with van der Waals surface area (Å²) >= 11 is 7.59. The predicted octanol–water partition coefficient (Wildman–Crippen LogP) is 2.88. The van der Waals surface area contributed by atoms with Crippen LogP contribution in [0.25, 0.3) is 0 Å². The fourth-order valence-corrected chi connectivity index (χ4v) is 3.01. The van der Waals surface area contributed by atoms with E-state index >= 15 is 0 Å². The smallest absolute Gasteiger partial charge is 0.230 e.